The highest BCUT2D eigenvalue weighted by Gasteiger charge is 2.57. The van der Waals surface area contributed by atoms with E-state index in [1.165, 1.54) is 25.7 Å². The molecule has 2 aliphatic rings. The van der Waals surface area contributed by atoms with Crippen LogP contribution in [0.4, 0.5) is 0 Å². The molecule has 2 rings (SSSR count). The highest BCUT2D eigenvalue weighted by Crippen LogP contribution is 2.58. The number of unbranched alkanes of at least 4 members (excludes halogenated alkanes) is 1. The molecule has 16 heavy (non-hydrogen) atoms. The molecule has 92 valence electrons. The first-order valence-corrected chi connectivity index (χ1v) is 7.76. The number of fused-ring (bicyclic) bond motifs is 1. The summed E-state index contributed by atoms with van der Waals surface area (Å²) in [4.78, 5) is 14.4. The van der Waals surface area contributed by atoms with Gasteiger partial charge in [-0.3, -0.25) is 4.79 Å². The largest absolute Gasteiger partial charge is 0.342 e. The van der Waals surface area contributed by atoms with Crippen LogP contribution in [0.15, 0.2) is 0 Å². The Morgan fingerprint density at radius 2 is 2.00 bits per heavy atom. The molecule has 0 aromatic rings. The van der Waals surface area contributed by atoms with Gasteiger partial charge in [0.05, 0.1) is 0 Å². The van der Waals surface area contributed by atoms with Gasteiger partial charge < -0.3 is 4.90 Å². The summed E-state index contributed by atoms with van der Waals surface area (Å²) in [6.07, 6.45) is 6.27. The summed E-state index contributed by atoms with van der Waals surface area (Å²) in [5.74, 6) is 2.37. The molecule has 0 aromatic heterocycles. The third kappa shape index (κ3) is 2.44. The zero-order valence-corrected chi connectivity index (χ0v) is 11.7. The molecule has 0 saturated heterocycles. The SMILES string of the molecule is CCCCN(CCBr)C(=O)C1C2CCCC21. The van der Waals surface area contributed by atoms with Gasteiger partial charge in [-0.1, -0.05) is 35.7 Å². The summed E-state index contributed by atoms with van der Waals surface area (Å²) in [6.45, 7) is 4.02. The minimum absolute atomic E-state index is 0.407. The summed E-state index contributed by atoms with van der Waals surface area (Å²) in [5.41, 5.74) is 0. The Balaban J connectivity index is 1.85. The molecule has 0 heterocycles. The van der Waals surface area contributed by atoms with Gasteiger partial charge in [0.2, 0.25) is 5.91 Å². The maximum absolute atomic E-state index is 12.3. The quantitative estimate of drug-likeness (QED) is 0.688. The van der Waals surface area contributed by atoms with Gasteiger partial charge in [-0.05, 0) is 31.1 Å². The molecule has 0 aromatic carbocycles. The molecule has 0 spiro atoms. The number of rotatable bonds is 6. The summed E-state index contributed by atoms with van der Waals surface area (Å²) in [5, 5.41) is 0.907. The van der Waals surface area contributed by atoms with Gasteiger partial charge >= 0.3 is 0 Å². The van der Waals surface area contributed by atoms with Crippen LogP contribution in [0.5, 0.6) is 0 Å². The lowest BCUT2D eigenvalue weighted by molar-refractivity contribution is -0.133. The minimum atomic E-state index is 0.407. The molecule has 0 radical (unpaired) electrons. The predicted molar refractivity (Wildman–Crippen MR) is 69.6 cm³/mol. The maximum Gasteiger partial charge on any atom is 0.226 e. The van der Waals surface area contributed by atoms with E-state index in [9.17, 15) is 4.79 Å². The standard InChI is InChI=1S/C13H22BrNO/c1-2-3-8-15(9-7-14)13(16)12-10-5-4-6-11(10)12/h10-12H,2-9H2,1H3. The van der Waals surface area contributed by atoms with Crippen LogP contribution >= 0.6 is 15.9 Å². The summed E-state index contributed by atoms with van der Waals surface area (Å²) >= 11 is 3.45. The van der Waals surface area contributed by atoms with Crippen molar-refractivity contribution in [2.24, 2.45) is 17.8 Å². The van der Waals surface area contributed by atoms with Gasteiger partial charge in [0.15, 0.2) is 0 Å². The molecule has 0 N–H and O–H groups in total. The Labute approximate surface area is 107 Å². The Morgan fingerprint density at radius 1 is 1.31 bits per heavy atom. The molecular weight excluding hydrogens is 266 g/mol. The number of carbonyl (C=O) groups is 1. The van der Waals surface area contributed by atoms with Crippen LogP contribution in [0.1, 0.15) is 39.0 Å². The number of hydrogen-bond donors (Lipinski definition) is 0. The average molecular weight is 288 g/mol. The fourth-order valence-electron chi connectivity index (χ4n) is 3.18. The van der Waals surface area contributed by atoms with Crippen molar-refractivity contribution in [2.45, 2.75) is 39.0 Å². The van der Waals surface area contributed by atoms with Crippen LogP contribution < -0.4 is 0 Å². The van der Waals surface area contributed by atoms with E-state index in [0.29, 0.717) is 11.8 Å². The normalized spacial score (nSPS) is 31.2. The third-order valence-corrected chi connectivity index (χ3v) is 4.49. The first-order valence-electron chi connectivity index (χ1n) is 6.64. The molecule has 2 saturated carbocycles. The van der Waals surface area contributed by atoms with E-state index in [-0.39, 0.29) is 0 Å². The number of alkyl halides is 1. The number of amides is 1. The monoisotopic (exact) mass is 287 g/mol. The van der Waals surface area contributed by atoms with Gasteiger partial charge in [0.1, 0.15) is 0 Å². The fourth-order valence-corrected chi connectivity index (χ4v) is 3.61. The molecule has 2 atom stereocenters. The lowest BCUT2D eigenvalue weighted by Crippen LogP contribution is -2.35. The average Bonchev–Trinajstić information content (AvgIpc) is 2.77. The molecule has 3 heteroatoms. The molecule has 2 fully saturated rings. The summed E-state index contributed by atoms with van der Waals surface area (Å²) in [7, 11) is 0. The number of nitrogens with zero attached hydrogens (tertiary/aromatic N) is 1. The second-order valence-electron chi connectivity index (χ2n) is 5.15. The third-order valence-electron chi connectivity index (χ3n) is 4.14. The fraction of sp³-hybridized carbons (Fsp3) is 0.923. The second kappa shape index (κ2) is 5.52. The molecule has 1 amide bonds. The number of hydrogen-bond acceptors (Lipinski definition) is 1. The predicted octanol–water partition coefficient (Wildman–Crippen LogP) is 3.06. The van der Waals surface area contributed by atoms with Gasteiger partial charge in [0, 0.05) is 24.3 Å². The van der Waals surface area contributed by atoms with Gasteiger partial charge in [-0.2, -0.15) is 0 Å². The van der Waals surface area contributed by atoms with Crippen molar-refractivity contribution in [1.29, 1.82) is 0 Å². The Morgan fingerprint density at radius 3 is 2.56 bits per heavy atom. The van der Waals surface area contributed by atoms with Crippen LogP contribution in [0, 0.1) is 17.8 Å². The Bertz CT molecular complexity index is 246. The van der Waals surface area contributed by atoms with Crippen molar-refractivity contribution in [1.82, 2.24) is 4.90 Å². The van der Waals surface area contributed by atoms with E-state index in [0.717, 1.165) is 36.7 Å². The number of halogens is 1. The lowest BCUT2D eigenvalue weighted by Gasteiger charge is -2.22. The van der Waals surface area contributed by atoms with Crippen molar-refractivity contribution < 1.29 is 4.79 Å². The van der Waals surface area contributed by atoms with Crippen LogP contribution in [-0.2, 0) is 4.79 Å². The highest BCUT2D eigenvalue weighted by molar-refractivity contribution is 9.09. The minimum Gasteiger partial charge on any atom is -0.342 e. The molecule has 2 aliphatic carbocycles. The van der Waals surface area contributed by atoms with Crippen LogP contribution in [0.3, 0.4) is 0 Å². The second-order valence-corrected chi connectivity index (χ2v) is 5.95. The van der Waals surface area contributed by atoms with E-state index in [1.54, 1.807) is 0 Å². The van der Waals surface area contributed by atoms with E-state index in [2.05, 4.69) is 27.8 Å². The van der Waals surface area contributed by atoms with Gasteiger partial charge in [-0.15, -0.1) is 0 Å². The van der Waals surface area contributed by atoms with Gasteiger partial charge in [-0.25, -0.2) is 0 Å². The topological polar surface area (TPSA) is 20.3 Å². The van der Waals surface area contributed by atoms with Crippen LogP contribution in [0.2, 0.25) is 0 Å². The van der Waals surface area contributed by atoms with Crippen LogP contribution in [-0.4, -0.2) is 29.2 Å². The summed E-state index contributed by atoms with van der Waals surface area (Å²) < 4.78 is 0. The molecule has 0 bridgehead atoms. The smallest absolute Gasteiger partial charge is 0.226 e. The van der Waals surface area contributed by atoms with Crippen molar-refractivity contribution in [3.8, 4) is 0 Å². The zero-order valence-electron chi connectivity index (χ0n) is 10.1. The van der Waals surface area contributed by atoms with E-state index in [4.69, 9.17) is 0 Å². The van der Waals surface area contributed by atoms with Crippen molar-refractivity contribution in [3.05, 3.63) is 0 Å². The molecule has 2 unspecified atom stereocenters. The first kappa shape index (κ1) is 12.4. The summed E-state index contributed by atoms with van der Waals surface area (Å²) in [6, 6.07) is 0. The van der Waals surface area contributed by atoms with Crippen molar-refractivity contribution in [3.63, 3.8) is 0 Å². The van der Waals surface area contributed by atoms with Crippen molar-refractivity contribution in [2.75, 3.05) is 18.4 Å². The van der Waals surface area contributed by atoms with E-state index < -0.39 is 0 Å². The maximum atomic E-state index is 12.3. The van der Waals surface area contributed by atoms with Gasteiger partial charge in [0.25, 0.3) is 0 Å². The molecular formula is C13H22BrNO. The number of carbonyl (C=O) groups excluding carboxylic acids is 1. The zero-order chi connectivity index (χ0) is 11.5. The first-order chi connectivity index (χ1) is 7.79. The molecule has 0 aliphatic heterocycles. The van der Waals surface area contributed by atoms with E-state index >= 15 is 0 Å². The van der Waals surface area contributed by atoms with E-state index in [1.807, 2.05) is 0 Å². The van der Waals surface area contributed by atoms with Crippen LogP contribution in [0.25, 0.3) is 0 Å². The Hall–Kier alpha value is -0.0500. The Kier molecular flexibility index (Phi) is 4.28. The molecule has 2 nitrogen and oxygen atoms in total. The van der Waals surface area contributed by atoms with Crippen molar-refractivity contribution >= 4 is 21.8 Å². The highest BCUT2D eigenvalue weighted by atomic mass is 79.9. The lowest BCUT2D eigenvalue weighted by atomic mass is 10.1.